The summed E-state index contributed by atoms with van der Waals surface area (Å²) >= 11 is 0. The number of carbonyl (C=O) groups excluding carboxylic acids is 2. The zero-order valence-corrected chi connectivity index (χ0v) is 24.5. The van der Waals surface area contributed by atoms with Gasteiger partial charge in [-0.15, -0.1) is 0 Å². The maximum atomic E-state index is 13.7. The first-order valence-electron chi connectivity index (χ1n) is 15.3. The number of unbranched alkanes of at least 4 members (excludes halogenated alkanes) is 1. The molecule has 0 aromatic heterocycles. The van der Waals surface area contributed by atoms with Crippen molar-refractivity contribution in [1.29, 1.82) is 0 Å². The molecular weight excluding hydrogens is 563 g/mol. The third-order valence-corrected chi connectivity index (χ3v) is 9.11. The molecule has 6 rings (SSSR count). The molecule has 228 valence electrons. The van der Waals surface area contributed by atoms with Gasteiger partial charge in [0.2, 0.25) is 5.91 Å². The van der Waals surface area contributed by atoms with Crippen LogP contribution in [0.1, 0.15) is 53.6 Å². The highest BCUT2D eigenvalue weighted by atomic mass is 19.4. The second kappa shape index (κ2) is 12.4. The number of rotatable bonds is 9. The summed E-state index contributed by atoms with van der Waals surface area (Å²) in [5, 5.41) is 7.55. The number of carbonyl (C=O) groups is 2. The minimum Gasteiger partial charge on any atom is -0.349 e. The van der Waals surface area contributed by atoms with Crippen LogP contribution in [-0.4, -0.2) is 55.1 Å². The van der Waals surface area contributed by atoms with Gasteiger partial charge in [-0.05, 0) is 77.4 Å². The van der Waals surface area contributed by atoms with Crippen LogP contribution < -0.4 is 10.6 Å². The maximum absolute atomic E-state index is 13.7. The quantitative estimate of drug-likeness (QED) is 0.207. The van der Waals surface area contributed by atoms with Gasteiger partial charge < -0.3 is 15.5 Å². The van der Waals surface area contributed by atoms with Crippen LogP contribution in [0.15, 0.2) is 91.0 Å². The van der Waals surface area contributed by atoms with E-state index in [1.54, 1.807) is 0 Å². The molecule has 0 atom stereocenters. The summed E-state index contributed by atoms with van der Waals surface area (Å²) in [7, 11) is 0. The number of benzene rings is 4. The van der Waals surface area contributed by atoms with Crippen molar-refractivity contribution in [3.05, 3.63) is 108 Å². The van der Waals surface area contributed by atoms with Crippen molar-refractivity contribution in [2.45, 2.75) is 49.7 Å². The summed E-state index contributed by atoms with van der Waals surface area (Å²) in [5.74, 6) is -0.657. The smallest absolute Gasteiger partial charge is 0.349 e. The molecule has 2 aliphatic rings. The summed E-state index contributed by atoms with van der Waals surface area (Å²) in [5.41, 5.74) is 2.83. The molecule has 2 amide bonds. The second-order valence-corrected chi connectivity index (χ2v) is 11.9. The number of alkyl halides is 3. The van der Waals surface area contributed by atoms with Crippen LogP contribution in [0.25, 0.3) is 21.9 Å². The predicted molar refractivity (Wildman–Crippen MR) is 166 cm³/mol. The lowest BCUT2D eigenvalue weighted by Gasteiger charge is -2.33. The average Bonchev–Trinajstić information content (AvgIpc) is 3.32. The first-order valence-corrected chi connectivity index (χ1v) is 15.3. The van der Waals surface area contributed by atoms with E-state index in [0.717, 1.165) is 71.9 Å². The molecule has 5 nitrogen and oxygen atoms in total. The zero-order chi connectivity index (χ0) is 30.7. The lowest BCUT2D eigenvalue weighted by Crippen LogP contribution is -2.47. The van der Waals surface area contributed by atoms with Gasteiger partial charge in [-0.1, -0.05) is 85.3 Å². The highest BCUT2D eigenvalue weighted by molar-refractivity contribution is 6.01. The zero-order valence-electron chi connectivity index (χ0n) is 24.5. The Kier molecular flexibility index (Phi) is 8.45. The fraction of sp³-hybridized carbons (Fsp3) is 0.333. The van der Waals surface area contributed by atoms with E-state index in [0.29, 0.717) is 18.4 Å². The van der Waals surface area contributed by atoms with Crippen LogP contribution in [0, 0.1) is 0 Å². The number of nitrogens with one attached hydrogen (secondary N) is 2. The molecule has 1 aliphatic heterocycles. The third kappa shape index (κ3) is 6.09. The standard InChI is InChI=1S/C36H36F3N3O2/c37-36(38,39)24-40-34(44)35(31-13-5-3-11-29(31)30-12-4-6-14-32(30)35)19-7-8-20-42-21-17-28(18-22-42)41-33(43)27-16-15-25-9-1-2-10-26(25)23-27/h1-6,9-16,23,28H,7-8,17-22,24H2,(H,40,44)(H,41,43). The molecule has 0 unspecified atom stereocenters. The van der Waals surface area contributed by atoms with Gasteiger partial charge in [-0.25, -0.2) is 0 Å². The largest absolute Gasteiger partial charge is 0.405 e. The SMILES string of the molecule is O=C(NC1CCN(CCCCC2(C(=O)NCC(F)(F)F)c3ccccc3-c3ccccc32)CC1)c1ccc2ccccc2c1. The topological polar surface area (TPSA) is 61.4 Å². The Morgan fingerprint density at radius 1 is 0.795 bits per heavy atom. The summed E-state index contributed by atoms with van der Waals surface area (Å²) in [4.78, 5) is 29.0. The third-order valence-electron chi connectivity index (χ3n) is 9.11. The van der Waals surface area contributed by atoms with Gasteiger partial charge in [0.05, 0.1) is 0 Å². The molecule has 0 radical (unpaired) electrons. The van der Waals surface area contributed by atoms with E-state index in [1.807, 2.05) is 91.0 Å². The molecule has 0 bridgehead atoms. The number of hydrogen-bond donors (Lipinski definition) is 2. The van der Waals surface area contributed by atoms with Crippen molar-refractivity contribution in [3.63, 3.8) is 0 Å². The Bertz CT molecular complexity index is 1610. The predicted octanol–water partition coefficient (Wildman–Crippen LogP) is 6.85. The number of hydrogen-bond acceptors (Lipinski definition) is 3. The normalized spacial score (nSPS) is 16.3. The van der Waals surface area contributed by atoms with Gasteiger partial charge in [0.1, 0.15) is 12.0 Å². The van der Waals surface area contributed by atoms with E-state index in [2.05, 4.69) is 15.5 Å². The summed E-state index contributed by atoms with van der Waals surface area (Å²) in [6, 6.07) is 29.0. The Morgan fingerprint density at radius 3 is 2.07 bits per heavy atom. The van der Waals surface area contributed by atoms with Crippen LogP contribution in [0.3, 0.4) is 0 Å². The van der Waals surface area contributed by atoms with Gasteiger partial charge in [-0.2, -0.15) is 13.2 Å². The van der Waals surface area contributed by atoms with Crippen LogP contribution in [0.4, 0.5) is 13.2 Å². The van der Waals surface area contributed by atoms with Crippen LogP contribution >= 0.6 is 0 Å². The monoisotopic (exact) mass is 599 g/mol. The summed E-state index contributed by atoms with van der Waals surface area (Å²) in [6.45, 7) is 1.18. The lowest BCUT2D eigenvalue weighted by atomic mass is 9.73. The molecule has 1 saturated heterocycles. The minimum atomic E-state index is -4.49. The highest BCUT2D eigenvalue weighted by Gasteiger charge is 2.49. The van der Waals surface area contributed by atoms with E-state index in [1.165, 1.54) is 0 Å². The van der Waals surface area contributed by atoms with Gasteiger partial charge in [0.15, 0.2) is 0 Å². The van der Waals surface area contributed by atoms with E-state index in [9.17, 15) is 22.8 Å². The number of amides is 2. The van der Waals surface area contributed by atoms with Crippen molar-refractivity contribution < 1.29 is 22.8 Å². The molecule has 1 fully saturated rings. The number of likely N-dealkylation sites (tertiary alicyclic amines) is 1. The fourth-order valence-corrected chi connectivity index (χ4v) is 6.91. The molecule has 2 N–H and O–H groups in total. The van der Waals surface area contributed by atoms with E-state index in [4.69, 9.17) is 0 Å². The van der Waals surface area contributed by atoms with Crippen molar-refractivity contribution in [1.82, 2.24) is 15.5 Å². The van der Waals surface area contributed by atoms with Crippen LogP contribution in [-0.2, 0) is 10.2 Å². The van der Waals surface area contributed by atoms with Gasteiger partial charge in [0.25, 0.3) is 5.91 Å². The Morgan fingerprint density at radius 2 is 1.41 bits per heavy atom. The molecule has 0 spiro atoms. The average molecular weight is 600 g/mol. The Labute approximate surface area is 255 Å². The van der Waals surface area contributed by atoms with Crippen molar-refractivity contribution in [3.8, 4) is 11.1 Å². The fourth-order valence-electron chi connectivity index (χ4n) is 6.91. The van der Waals surface area contributed by atoms with Gasteiger partial charge >= 0.3 is 6.18 Å². The number of halogens is 3. The molecule has 0 saturated carbocycles. The molecule has 1 heterocycles. The number of fused-ring (bicyclic) bond motifs is 4. The summed E-state index contributed by atoms with van der Waals surface area (Å²) in [6.07, 6.45) is -0.875. The maximum Gasteiger partial charge on any atom is 0.405 e. The number of piperidine rings is 1. The molecule has 8 heteroatoms. The Balaban J connectivity index is 1.06. The van der Waals surface area contributed by atoms with Crippen molar-refractivity contribution in [2.75, 3.05) is 26.2 Å². The molecule has 4 aromatic carbocycles. The van der Waals surface area contributed by atoms with Crippen molar-refractivity contribution in [2.24, 2.45) is 0 Å². The van der Waals surface area contributed by atoms with Gasteiger partial charge in [-0.3, -0.25) is 9.59 Å². The Hall–Kier alpha value is -4.17. The van der Waals surface area contributed by atoms with Crippen LogP contribution in [0.5, 0.6) is 0 Å². The number of nitrogens with zero attached hydrogens (tertiary/aromatic N) is 1. The minimum absolute atomic E-state index is 0.0552. The summed E-state index contributed by atoms with van der Waals surface area (Å²) < 4.78 is 39.4. The first-order chi connectivity index (χ1) is 21.2. The van der Waals surface area contributed by atoms with Gasteiger partial charge in [0, 0.05) is 24.7 Å². The lowest BCUT2D eigenvalue weighted by molar-refractivity contribution is -0.141. The van der Waals surface area contributed by atoms with E-state index >= 15 is 0 Å². The molecule has 44 heavy (non-hydrogen) atoms. The molecule has 1 aliphatic carbocycles. The van der Waals surface area contributed by atoms with Crippen molar-refractivity contribution >= 4 is 22.6 Å². The van der Waals surface area contributed by atoms with Crippen LogP contribution in [0.2, 0.25) is 0 Å². The van der Waals surface area contributed by atoms with E-state index < -0.39 is 24.0 Å². The molecular formula is C36H36F3N3O2. The first kappa shape index (κ1) is 29.9. The highest BCUT2D eigenvalue weighted by Crippen LogP contribution is 2.51. The second-order valence-electron chi connectivity index (χ2n) is 11.9. The van der Waals surface area contributed by atoms with E-state index in [-0.39, 0.29) is 11.9 Å². The molecule has 4 aromatic rings.